The Hall–Kier alpha value is -1.66. The maximum atomic E-state index is 12.6. The fourth-order valence-electron chi connectivity index (χ4n) is 4.79. The molecule has 148 valence electrons. The summed E-state index contributed by atoms with van der Waals surface area (Å²) in [7, 11) is 0. The monoisotopic (exact) mass is 372 g/mol. The van der Waals surface area contributed by atoms with Gasteiger partial charge in [0.2, 0.25) is 0 Å². The molecular formula is C21H32N4O2. The molecule has 1 aliphatic carbocycles. The van der Waals surface area contributed by atoms with Gasteiger partial charge in [-0.25, -0.2) is 4.79 Å². The summed E-state index contributed by atoms with van der Waals surface area (Å²) >= 11 is 0. The van der Waals surface area contributed by atoms with Gasteiger partial charge >= 0.3 is 6.03 Å². The summed E-state index contributed by atoms with van der Waals surface area (Å²) in [4.78, 5) is 21.2. The third-order valence-electron chi connectivity index (χ3n) is 6.47. The van der Waals surface area contributed by atoms with Gasteiger partial charge in [-0.1, -0.05) is 12.8 Å². The van der Waals surface area contributed by atoms with Crippen LogP contribution < -0.4 is 5.32 Å². The highest BCUT2D eigenvalue weighted by Gasteiger charge is 2.39. The molecule has 0 bridgehead atoms. The van der Waals surface area contributed by atoms with Gasteiger partial charge in [-0.15, -0.1) is 0 Å². The van der Waals surface area contributed by atoms with E-state index >= 15 is 0 Å². The number of hydrogen-bond acceptors (Lipinski definition) is 4. The third-order valence-corrected chi connectivity index (χ3v) is 6.47. The van der Waals surface area contributed by atoms with Gasteiger partial charge in [0, 0.05) is 56.6 Å². The SMILES string of the molecule is O=C(NC1CCCC1)N1CCC2(CC1)COCCN(Cc1ccncc1)C2. The van der Waals surface area contributed by atoms with Crippen LogP contribution in [0.1, 0.15) is 44.1 Å². The number of pyridine rings is 1. The lowest BCUT2D eigenvalue weighted by atomic mass is 9.78. The molecule has 3 fully saturated rings. The first-order valence-electron chi connectivity index (χ1n) is 10.5. The van der Waals surface area contributed by atoms with Crippen molar-refractivity contribution in [1.82, 2.24) is 20.1 Å². The van der Waals surface area contributed by atoms with Gasteiger partial charge in [-0.05, 0) is 43.4 Å². The van der Waals surface area contributed by atoms with E-state index in [9.17, 15) is 4.79 Å². The lowest BCUT2D eigenvalue weighted by Crippen LogP contribution is -2.52. The molecule has 2 saturated heterocycles. The van der Waals surface area contributed by atoms with Crippen molar-refractivity contribution in [2.75, 3.05) is 39.4 Å². The van der Waals surface area contributed by atoms with E-state index in [1.807, 2.05) is 17.3 Å². The molecule has 6 heteroatoms. The van der Waals surface area contributed by atoms with Crippen molar-refractivity contribution < 1.29 is 9.53 Å². The summed E-state index contributed by atoms with van der Waals surface area (Å²) in [6.07, 6.45) is 10.6. The van der Waals surface area contributed by atoms with Crippen molar-refractivity contribution in [2.24, 2.45) is 5.41 Å². The minimum Gasteiger partial charge on any atom is -0.379 e. The second-order valence-corrected chi connectivity index (χ2v) is 8.54. The summed E-state index contributed by atoms with van der Waals surface area (Å²) in [6.45, 7) is 6.25. The van der Waals surface area contributed by atoms with Crippen LogP contribution in [0.2, 0.25) is 0 Å². The van der Waals surface area contributed by atoms with Crippen LogP contribution in [0.5, 0.6) is 0 Å². The van der Waals surface area contributed by atoms with E-state index in [1.54, 1.807) is 0 Å². The topological polar surface area (TPSA) is 57.7 Å². The van der Waals surface area contributed by atoms with Gasteiger partial charge in [0.15, 0.2) is 0 Å². The van der Waals surface area contributed by atoms with Crippen LogP contribution in [0.15, 0.2) is 24.5 Å². The number of ether oxygens (including phenoxy) is 1. The number of nitrogens with one attached hydrogen (secondary N) is 1. The van der Waals surface area contributed by atoms with Crippen molar-refractivity contribution in [3.8, 4) is 0 Å². The predicted octanol–water partition coefficient (Wildman–Crippen LogP) is 2.65. The standard InChI is InChI=1S/C21H32N4O2/c26-20(23-19-3-1-2-4-19)25-11-7-21(8-12-25)16-24(13-14-27-17-21)15-18-5-9-22-10-6-18/h5-6,9-10,19H,1-4,7-8,11-17H2,(H,23,26). The highest BCUT2D eigenvalue weighted by Crippen LogP contribution is 2.35. The van der Waals surface area contributed by atoms with E-state index in [0.29, 0.717) is 6.04 Å². The molecule has 1 aromatic heterocycles. The second kappa shape index (κ2) is 8.57. The Balaban J connectivity index is 1.32. The van der Waals surface area contributed by atoms with Crippen molar-refractivity contribution in [2.45, 2.75) is 51.1 Å². The third kappa shape index (κ3) is 4.79. The van der Waals surface area contributed by atoms with Crippen molar-refractivity contribution in [3.63, 3.8) is 0 Å². The fraction of sp³-hybridized carbons (Fsp3) is 0.714. The number of aromatic nitrogens is 1. The quantitative estimate of drug-likeness (QED) is 0.886. The van der Waals surface area contributed by atoms with Gasteiger partial charge in [-0.3, -0.25) is 9.88 Å². The van der Waals surface area contributed by atoms with Crippen molar-refractivity contribution >= 4 is 6.03 Å². The van der Waals surface area contributed by atoms with Crippen molar-refractivity contribution in [3.05, 3.63) is 30.1 Å². The molecular weight excluding hydrogens is 340 g/mol. The molecule has 2 amide bonds. The Morgan fingerprint density at radius 2 is 1.93 bits per heavy atom. The zero-order valence-electron chi connectivity index (χ0n) is 16.2. The number of likely N-dealkylation sites (tertiary alicyclic amines) is 1. The van der Waals surface area contributed by atoms with Crippen LogP contribution in [0, 0.1) is 5.41 Å². The van der Waals surface area contributed by atoms with Gasteiger partial charge in [0.1, 0.15) is 0 Å². The number of carbonyl (C=O) groups excluding carboxylic acids is 1. The summed E-state index contributed by atoms with van der Waals surface area (Å²) in [5, 5.41) is 3.23. The number of amides is 2. The second-order valence-electron chi connectivity index (χ2n) is 8.54. The number of hydrogen-bond donors (Lipinski definition) is 1. The van der Waals surface area contributed by atoms with E-state index in [1.165, 1.54) is 18.4 Å². The van der Waals surface area contributed by atoms with Crippen molar-refractivity contribution in [1.29, 1.82) is 0 Å². The minimum absolute atomic E-state index is 0.139. The molecule has 3 aliphatic rings. The Labute approximate surface area is 162 Å². The Morgan fingerprint density at radius 1 is 1.19 bits per heavy atom. The molecule has 3 heterocycles. The molecule has 6 nitrogen and oxygen atoms in total. The number of carbonyl (C=O) groups is 1. The predicted molar refractivity (Wildman–Crippen MR) is 104 cm³/mol. The normalized spacial score (nSPS) is 24.1. The highest BCUT2D eigenvalue weighted by atomic mass is 16.5. The average molecular weight is 373 g/mol. The van der Waals surface area contributed by atoms with Crippen LogP contribution in [0.4, 0.5) is 4.79 Å². The van der Waals surface area contributed by atoms with Crippen LogP contribution in [-0.4, -0.2) is 66.2 Å². The maximum absolute atomic E-state index is 12.6. The van der Waals surface area contributed by atoms with Crippen LogP contribution in [-0.2, 0) is 11.3 Å². The van der Waals surface area contributed by atoms with Crippen LogP contribution in [0.3, 0.4) is 0 Å². The number of nitrogens with zero attached hydrogens (tertiary/aromatic N) is 3. The molecule has 0 aromatic carbocycles. The molecule has 0 radical (unpaired) electrons. The lowest BCUT2D eigenvalue weighted by Gasteiger charge is -2.42. The van der Waals surface area contributed by atoms with E-state index in [2.05, 4.69) is 27.3 Å². The average Bonchev–Trinajstić information content (AvgIpc) is 3.12. The summed E-state index contributed by atoms with van der Waals surface area (Å²) in [5.41, 5.74) is 1.48. The smallest absolute Gasteiger partial charge is 0.317 e. The number of urea groups is 1. The first-order valence-corrected chi connectivity index (χ1v) is 10.5. The lowest BCUT2D eigenvalue weighted by molar-refractivity contribution is 0.0227. The molecule has 0 unspecified atom stereocenters. The molecule has 2 aliphatic heterocycles. The largest absolute Gasteiger partial charge is 0.379 e. The minimum atomic E-state index is 0.139. The summed E-state index contributed by atoms with van der Waals surface area (Å²) in [6, 6.07) is 4.72. The Bertz CT molecular complexity index is 610. The van der Waals surface area contributed by atoms with E-state index in [0.717, 1.165) is 71.6 Å². The molecule has 4 rings (SSSR count). The van der Waals surface area contributed by atoms with Gasteiger partial charge < -0.3 is 15.0 Å². The zero-order chi connectivity index (χ0) is 18.5. The zero-order valence-corrected chi connectivity index (χ0v) is 16.2. The molecule has 0 atom stereocenters. The van der Waals surface area contributed by atoms with Gasteiger partial charge in [0.05, 0.1) is 13.2 Å². The van der Waals surface area contributed by atoms with E-state index in [4.69, 9.17) is 4.74 Å². The maximum Gasteiger partial charge on any atom is 0.317 e. The fourth-order valence-corrected chi connectivity index (χ4v) is 4.79. The first-order chi connectivity index (χ1) is 13.2. The Kier molecular flexibility index (Phi) is 5.93. The number of rotatable bonds is 3. The summed E-state index contributed by atoms with van der Waals surface area (Å²) < 4.78 is 5.99. The Morgan fingerprint density at radius 3 is 2.67 bits per heavy atom. The molecule has 1 aromatic rings. The summed E-state index contributed by atoms with van der Waals surface area (Å²) in [5.74, 6) is 0. The molecule has 1 N–H and O–H groups in total. The molecule has 27 heavy (non-hydrogen) atoms. The van der Waals surface area contributed by atoms with Gasteiger partial charge in [-0.2, -0.15) is 0 Å². The molecule has 1 spiro atoms. The van der Waals surface area contributed by atoms with E-state index in [-0.39, 0.29) is 11.4 Å². The molecule has 1 saturated carbocycles. The van der Waals surface area contributed by atoms with E-state index < -0.39 is 0 Å². The van der Waals surface area contributed by atoms with Crippen LogP contribution >= 0.6 is 0 Å². The van der Waals surface area contributed by atoms with Crippen LogP contribution in [0.25, 0.3) is 0 Å². The van der Waals surface area contributed by atoms with Gasteiger partial charge in [0.25, 0.3) is 0 Å². The number of piperidine rings is 1. The highest BCUT2D eigenvalue weighted by molar-refractivity contribution is 5.74. The first kappa shape index (κ1) is 18.7.